The van der Waals surface area contributed by atoms with Gasteiger partial charge in [-0.25, -0.2) is 4.39 Å². The van der Waals surface area contributed by atoms with Crippen molar-refractivity contribution >= 4 is 17.3 Å². The lowest BCUT2D eigenvalue weighted by Gasteiger charge is -2.24. The van der Waals surface area contributed by atoms with E-state index in [-0.39, 0.29) is 18.3 Å². The second-order valence-electron chi connectivity index (χ2n) is 10.2. The van der Waals surface area contributed by atoms with Crippen LogP contribution in [0.4, 0.5) is 28.9 Å². The number of hydrogen-bond acceptors (Lipinski definition) is 5. The zero-order chi connectivity index (χ0) is 34.4. The maximum Gasteiger partial charge on any atom is 0.415 e. The Kier molecular flexibility index (Phi) is 14.7. The molecule has 3 aromatic carbocycles. The third kappa shape index (κ3) is 10.6. The molecule has 3 aromatic rings. The summed E-state index contributed by atoms with van der Waals surface area (Å²) < 4.78 is 55.4. The minimum atomic E-state index is -4.78. The zero-order valence-corrected chi connectivity index (χ0v) is 27.0. The number of halogens is 4. The van der Waals surface area contributed by atoms with E-state index in [4.69, 9.17) is 5.73 Å². The minimum Gasteiger partial charge on any atom is -0.340 e. The standard InChI is InChI=1S/C32H31F4N5O.2C2H6/c1-20(32(34,35)36)14-29(41(2)26-5-3-4-23(15-26)18-38)31(42)40-28-16-25(12-13-27(28)33)30(39-19-22-6-7-22)24-10-8-21(17-37)9-11-24;2*1-2/h3-5,8-16,22,30,39H,1,6-7,18-19,38H2,2H3,(H,40,42);2*1-2H3/b29-14-;;. The molecule has 0 aromatic heterocycles. The lowest BCUT2D eigenvalue weighted by molar-refractivity contribution is -0.113. The number of hydrogen-bond donors (Lipinski definition) is 3. The number of nitriles is 1. The summed E-state index contributed by atoms with van der Waals surface area (Å²) >= 11 is 0. The van der Waals surface area contributed by atoms with Gasteiger partial charge in [-0.05, 0) is 84.5 Å². The highest BCUT2D eigenvalue weighted by atomic mass is 19.4. The van der Waals surface area contributed by atoms with Gasteiger partial charge in [-0.3, -0.25) is 4.79 Å². The fourth-order valence-electron chi connectivity index (χ4n) is 4.38. The van der Waals surface area contributed by atoms with Crippen LogP contribution in [0.3, 0.4) is 0 Å². The third-order valence-electron chi connectivity index (χ3n) is 7.06. The van der Waals surface area contributed by atoms with Crippen molar-refractivity contribution in [3.8, 4) is 6.07 Å². The minimum absolute atomic E-state index is 0.190. The van der Waals surface area contributed by atoms with Crippen LogP contribution in [0, 0.1) is 23.1 Å². The van der Waals surface area contributed by atoms with Crippen LogP contribution in [0.2, 0.25) is 0 Å². The van der Waals surface area contributed by atoms with Gasteiger partial charge in [0.25, 0.3) is 5.91 Å². The van der Waals surface area contributed by atoms with Gasteiger partial charge in [-0.1, -0.05) is 64.6 Å². The fourth-order valence-corrected chi connectivity index (χ4v) is 4.38. The van der Waals surface area contributed by atoms with Crippen molar-refractivity contribution in [1.82, 2.24) is 5.32 Å². The van der Waals surface area contributed by atoms with Gasteiger partial charge >= 0.3 is 6.18 Å². The second kappa shape index (κ2) is 17.9. The number of likely N-dealkylation sites (N-methyl/N-ethyl adjacent to an activating group) is 1. The van der Waals surface area contributed by atoms with Gasteiger partial charge in [-0.2, -0.15) is 18.4 Å². The number of carbonyl (C=O) groups is 1. The third-order valence-corrected chi connectivity index (χ3v) is 7.06. The molecule has 0 heterocycles. The number of benzene rings is 3. The van der Waals surface area contributed by atoms with Crippen molar-refractivity contribution in [3.63, 3.8) is 0 Å². The molecular weight excluding hydrogens is 594 g/mol. The second-order valence-corrected chi connectivity index (χ2v) is 10.2. The number of amides is 1. The Balaban J connectivity index is 0.00000177. The SMILES string of the molecule is C=C(/C=C(/C(=O)Nc1cc(C(NCC2CC2)c2ccc(C#N)cc2)ccc1F)N(C)c1cccc(CN)c1)C(F)(F)F.CC.CC. The Hall–Kier alpha value is -4.46. The molecule has 1 fully saturated rings. The van der Waals surface area contributed by atoms with Crippen molar-refractivity contribution in [3.05, 3.63) is 119 Å². The van der Waals surface area contributed by atoms with E-state index in [1.165, 1.54) is 24.1 Å². The van der Waals surface area contributed by atoms with Gasteiger partial charge in [-0.15, -0.1) is 0 Å². The van der Waals surface area contributed by atoms with Crippen LogP contribution < -0.4 is 21.3 Å². The summed E-state index contributed by atoms with van der Waals surface area (Å²) in [5, 5.41) is 15.1. The Morgan fingerprint density at radius 2 is 1.70 bits per heavy atom. The van der Waals surface area contributed by atoms with E-state index >= 15 is 4.39 Å². The molecule has 1 saturated carbocycles. The summed E-state index contributed by atoms with van der Waals surface area (Å²) in [6, 6.07) is 19.6. The zero-order valence-electron chi connectivity index (χ0n) is 27.0. The maximum absolute atomic E-state index is 15.0. The lowest BCUT2D eigenvalue weighted by Crippen LogP contribution is -2.29. The predicted molar refractivity (Wildman–Crippen MR) is 177 cm³/mol. The summed E-state index contributed by atoms with van der Waals surface area (Å²) in [5.74, 6) is -1.18. The molecule has 0 spiro atoms. The van der Waals surface area contributed by atoms with Crippen molar-refractivity contribution < 1.29 is 22.4 Å². The van der Waals surface area contributed by atoms with E-state index in [1.54, 1.807) is 54.6 Å². The van der Waals surface area contributed by atoms with Gasteiger partial charge < -0.3 is 21.3 Å². The molecular formula is C36H43F4N5O. The van der Waals surface area contributed by atoms with Crippen molar-refractivity contribution in [2.24, 2.45) is 11.7 Å². The number of allylic oxidation sites excluding steroid dienone is 2. The van der Waals surface area contributed by atoms with Crippen molar-refractivity contribution in [1.29, 1.82) is 5.26 Å². The van der Waals surface area contributed by atoms with Crippen LogP contribution in [0.5, 0.6) is 0 Å². The van der Waals surface area contributed by atoms with Gasteiger partial charge in [0.1, 0.15) is 11.5 Å². The van der Waals surface area contributed by atoms with Gasteiger partial charge in [0.2, 0.25) is 0 Å². The molecule has 0 aliphatic heterocycles. The summed E-state index contributed by atoms with van der Waals surface area (Å²) in [6.07, 6.45) is -1.93. The molecule has 1 amide bonds. The first-order chi connectivity index (χ1) is 22.0. The highest BCUT2D eigenvalue weighted by Gasteiger charge is 2.32. The molecule has 1 atom stereocenters. The van der Waals surface area contributed by atoms with E-state index < -0.39 is 29.2 Å². The Morgan fingerprint density at radius 1 is 1.07 bits per heavy atom. The smallest absolute Gasteiger partial charge is 0.340 e. The number of anilines is 2. The summed E-state index contributed by atoms with van der Waals surface area (Å²) in [4.78, 5) is 14.7. The van der Waals surface area contributed by atoms with Crippen LogP contribution in [-0.2, 0) is 11.3 Å². The fraction of sp³-hybridized carbons (Fsp3) is 0.333. The van der Waals surface area contributed by atoms with Crippen LogP contribution in [0.15, 0.2) is 90.7 Å². The maximum atomic E-state index is 15.0. The molecule has 4 rings (SSSR count). The summed E-state index contributed by atoms with van der Waals surface area (Å²) in [5.41, 5.74) is 6.95. The highest BCUT2D eigenvalue weighted by Crippen LogP contribution is 2.32. The molecule has 10 heteroatoms. The highest BCUT2D eigenvalue weighted by molar-refractivity contribution is 6.06. The average molecular weight is 638 g/mol. The first-order valence-corrected chi connectivity index (χ1v) is 15.3. The molecule has 0 bridgehead atoms. The topological polar surface area (TPSA) is 94.2 Å². The molecule has 0 saturated heterocycles. The van der Waals surface area contributed by atoms with Crippen LogP contribution in [0.25, 0.3) is 0 Å². The summed E-state index contributed by atoms with van der Waals surface area (Å²) in [6.45, 7) is 12.0. The average Bonchev–Trinajstić information content (AvgIpc) is 3.91. The first kappa shape index (κ1) is 37.7. The molecule has 4 N–H and O–H groups in total. The van der Waals surface area contributed by atoms with Crippen LogP contribution in [0.1, 0.15) is 68.8 Å². The summed E-state index contributed by atoms with van der Waals surface area (Å²) in [7, 11) is 1.43. The molecule has 0 radical (unpaired) electrons. The number of rotatable bonds is 11. The Bertz CT molecular complexity index is 1520. The van der Waals surface area contributed by atoms with Crippen molar-refractivity contribution in [2.75, 3.05) is 23.8 Å². The molecule has 1 aliphatic carbocycles. The predicted octanol–water partition coefficient (Wildman–Crippen LogP) is 8.37. The molecule has 6 nitrogen and oxygen atoms in total. The quantitative estimate of drug-likeness (QED) is 0.112. The molecule has 246 valence electrons. The van der Waals surface area contributed by atoms with E-state index in [0.717, 1.165) is 24.9 Å². The number of alkyl halides is 3. The largest absolute Gasteiger partial charge is 0.415 e. The van der Waals surface area contributed by atoms with E-state index in [1.807, 2.05) is 27.7 Å². The lowest BCUT2D eigenvalue weighted by atomic mass is 9.97. The number of nitrogens with one attached hydrogen (secondary N) is 2. The number of carbonyl (C=O) groups excluding carboxylic acids is 1. The molecule has 1 aliphatic rings. The van der Waals surface area contributed by atoms with E-state index in [9.17, 15) is 23.2 Å². The number of nitrogens with zero attached hydrogens (tertiary/aromatic N) is 2. The molecule has 46 heavy (non-hydrogen) atoms. The first-order valence-electron chi connectivity index (χ1n) is 15.3. The number of nitrogens with two attached hydrogens (primary N) is 1. The van der Waals surface area contributed by atoms with Crippen molar-refractivity contribution in [2.45, 2.75) is 59.3 Å². The van der Waals surface area contributed by atoms with Gasteiger partial charge in [0, 0.05) is 19.3 Å². The molecule has 1 unspecified atom stereocenters. The Morgan fingerprint density at radius 3 is 2.26 bits per heavy atom. The monoisotopic (exact) mass is 637 g/mol. The normalized spacial score (nSPS) is 13.2. The van der Waals surface area contributed by atoms with Crippen LogP contribution in [-0.4, -0.2) is 25.7 Å². The Labute approximate surface area is 269 Å². The van der Waals surface area contributed by atoms with Gasteiger partial charge in [0.15, 0.2) is 0 Å². The van der Waals surface area contributed by atoms with Gasteiger partial charge in [0.05, 0.1) is 28.9 Å². The van der Waals surface area contributed by atoms with Crippen LogP contribution >= 0.6 is 0 Å². The van der Waals surface area contributed by atoms with E-state index in [0.29, 0.717) is 34.4 Å². The van der Waals surface area contributed by atoms with E-state index in [2.05, 4.69) is 23.3 Å².